The Bertz CT molecular complexity index is 559. The minimum Gasteiger partial charge on any atom is -0.379 e. The standard InChI is InChI=1S/C14H16N4O2/c19-14(10-3-5-15-7-10)18-11-1-2-13(16-8-11)17-12-4-6-20-9-12/h1-3,5,7-8,12,15H,4,6,9H2,(H,16,17)(H,18,19). The molecule has 1 atom stereocenters. The van der Waals surface area contributed by atoms with E-state index in [-0.39, 0.29) is 5.91 Å². The Morgan fingerprint density at radius 2 is 2.35 bits per heavy atom. The predicted octanol–water partition coefficient (Wildman–Crippen LogP) is 1.86. The van der Waals surface area contributed by atoms with Crippen LogP contribution in [0.15, 0.2) is 36.8 Å². The number of hydrogen-bond acceptors (Lipinski definition) is 4. The maximum Gasteiger partial charge on any atom is 0.257 e. The van der Waals surface area contributed by atoms with Crippen LogP contribution >= 0.6 is 0 Å². The number of aromatic nitrogens is 2. The highest BCUT2D eigenvalue weighted by Gasteiger charge is 2.15. The molecule has 0 radical (unpaired) electrons. The molecule has 0 bridgehead atoms. The number of nitrogens with one attached hydrogen (secondary N) is 3. The second kappa shape index (κ2) is 5.75. The lowest BCUT2D eigenvalue weighted by Gasteiger charge is -2.11. The zero-order valence-corrected chi connectivity index (χ0v) is 10.9. The number of carbonyl (C=O) groups excluding carboxylic acids is 1. The van der Waals surface area contributed by atoms with Gasteiger partial charge in [-0.3, -0.25) is 4.79 Å². The maximum atomic E-state index is 11.8. The van der Waals surface area contributed by atoms with Crippen LogP contribution in [0.5, 0.6) is 0 Å². The molecule has 6 nitrogen and oxygen atoms in total. The molecule has 0 aliphatic carbocycles. The van der Waals surface area contributed by atoms with E-state index in [2.05, 4.69) is 20.6 Å². The van der Waals surface area contributed by atoms with E-state index in [4.69, 9.17) is 4.74 Å². The summed E-state index contributed by atoms with van der Waals surface area (Å²) in [6, 6.07) is 5.72. The SMILES string of the molecule is O=C(Nc1ccc(NC2CCOC2)nc1)c1cc[nH]c1. The van der Waals surface area contributed by atoms with Gasteiger partial charge in [-0.05, 0) is 24.6 Å². The number of anilines is 2. The number of amides is 1. The molecule has 0 aromatic carbocycles. The fraction of sp³-hybridized carbons (Fsp3) is 0.286. The molecule has 1 unspecified atom stereocenters. The summed E-state index contributed by atoms with van der Waals surface area (Å²) in [4.78, 5) is 19.0. The van der Waals surface area contributed by atoms with Crippen molar-refractivity contribution in [1.82, 2.24) is 9.97 Å². The number of nitrogens with zero attached hydrogens (tertiary/aromatic N) is 1. The fourth-order valence-electron chi connectivity index (χ4n) is 2.08. The fourth-order valence-corrected chi connectivity index (χ4v) is 2.08. The molecule has 6 heteroatoms. The molecule has 3 heterocycles. The Morgan fingerprint density at radius 3 is 3.00 bits per heavy atom. The molecular formula is C14H16N4O2. The van der Waals surface area contributed by atoms with Crippen LogP contribution in [0, 0.1) is 0 Å². The van der Waals surface area contributed by atoms with Gasteiger partial charge in [-0.2, -0.15) is 0 Å². The van der Waals surface area contributed by atoms with Gasteiger partial charge in [-0.1, -0.05) is 0 Å². The minimum absolute atomic E-state index is 0.155. The van der Waals surface area contributed by atoms with Crippen LogP contribution in [-0.4, -0.2) is 35.1 Å². The van der Waals surface area contributed by atoms with Gasteiger partial charge >= 0.3 is 0 Å². The predicted molar refractivity (Wildman–Crippen MR) is 75.8 cm³/mol. The average molecular weight is 272 g/mol. The second-order valence-corrected chi connectivity index (χ2v) is 4.69. The first kappa shape index (κ1) is 12.7. The molecule has 20 heavy (non-hydrogen) atoms. The molecule has 2 aromatic rings. The topological polar surface area (TPSA) is 79.0 Å². The molecule has 3 N–H and O–H groups in total. The van der Waals surface area contributed by atoms with Crippen LogP contribution in [0.4, 0.5) is 11.5 Å². The second-order valence-electron chi connectivity index (χ2n) is 4.69. The van der Waals surface area contributed by atoms with E-state index >= 15 is 0 Å². The van der Waals surface area contributed by atoms with E-state index in [9.17, 15) is 4.79 Å². The molecule has 3 rings (SSSR count). The van der Waals surface area contributed by atoms with Gasteiger partial charge in [-0.25, -0.2) is 4.98 Å². The third-order valence-electron chi connectivity index (χ3n) is 3.16. The average Bonchev–Trinajstić information content (AvgIpc) is 3.13. The Hall–Kier alpha value is -2.34. The highest BCUT2D eigenvalue weighted by molar-refractivity contribution is 6.04. The van der Waals surface area contributed by atoms with E-state index in [0.29, 0.717) is 23.9 Å². The highest BCUT2D eigenvalue weighted by Crippen LogP contribution is 2.14. The number of carbonyl (C=O) groups is 1. The number of rotatable bonds is 4. The number of ether oxygens (including phenoxy) is 1. The van der Waals surface area contributed by atoms with Gasteiger partial charge in [-0.15, -0.1) is 0 Å². The van der Waals surface area contributed by atoms with E-state index in [0.717, 1.165) is 18.8 Å². The Morgan fingerprint density at radius 1 is 1.40 bits per heavy atom. The lowest BCUT2D eigenvalue weighted by atomic mass is 10.2. The van der Waals surface area contributed by atoms with Gasteiger partial charge < -0.3 is 20.4 Å². The van der Waals surface area contributed by atoms with Gasteiger partial charge in [0.05, 0.1) is 30.1 Å². The van der Waals surface area contributed by atoms with Crippen LogP contribution in [-0.2, 0) is 4.74 Å². The van der Waals surface area contributed by atoms with Crippen molar-refractivity contribution in [2.45, 2.75) is 12.5 Å². The molecule has 1 amide bonds. The quantitative estimate of drug-likeness (QED) is 0.793. The van der Waals surface area contributed by atoms with Crippen LogP contribution < -0.4 is 10.6 Å². The maximum absolute atomic E-state index is 11.8. The lowest BCUT2D eigenvalue weighted by Crippen LogP contribution is -2.19. The molecule has 0 saturated carbocycles. The summed E-state index contributed by atoms with van der Waals surface area (Å²) in [5.41, 5.74) is 1.26. The Kier molecular flexibility index (Phi) is 3.64. The Labute approximate surface area is 116 Å². The molecule has 1 aliphatic heterocycles. The van der Waals surface area contributed by atoms with Crippen LogP contribution in [0.3, 0.4) is 0 Å². The number of hydrogen-bond donors (Lipinski definition) is 3. The first-order valence-corrected chi connectivity index (χ1v) is 6.56. The van der Waals surface area contributed by atoms with Crippen molar-refractivity contribution >= 4 is 17.4 Å². The molecule has 2 aromatic heterocycles. The molecule has 1 saturated heterocycles. The zero-order valence-electron chi connectivity index (χ0n) is 10.9. The summed E-state index contributed by atoms with van der Waals surface area (Å²) >= 11 is 0. The van der Waals surface area contributed by atoms with Crippen molar-refractivity contribution in [3.8, 4) is 0 Å². The smallest absolute Gasteiger partial charge is 0.257 e. The third kappa shape index (κ3) is 2.97. The van der Waals surface area contributed by atoms with Gasteiger partial charge in [0.2, 0.25) is 0 Å². The number of aromatic amines is 1. The van der Waals surface area contributed by atoms with Gasteiger partial charge in [0.1, 0.15) is 5.82 Å². The van der Waals surface area contributed by atoms with Gasteiger partial charge in [0.25, 0.3) is 5.91 Å². The molecule has 0 spiro atoms. The van der Waals surface area contributed by atoms with Gasteiger partial charge in [0, 0.05) is 19.0 Å². The molecule has 104 valence electrons. The van der Waals surface area contributed by atoms with E-state index < -0.39 is 0 Å². The van der Waals surface area contributed by atoms with Crippen molar-refractivity contribution in [3.05, 3.63) is 42.4 Å². The third-order valence-corrected chi connectivity index (χ3v) is 3.16. The summed E-state index contributed by atoms with van der Waals surface area (Å²) in [6.07, 6.45) is 6.00. The van der Waals surface area contributed by atoms with Gasteiger partial charge in [0.15, 0.2) is 0 Å². The normalized spacial score (nSPS) is 17.9. The van der Waals surface area contributed by atoms with Crippen LogP contribution in [0.2, 0.25) is 0 Å². The zero-order chi connectivity index (χ0) is 13.8. The van der Waals surface area contributed by atoms with Crippen LogP contribution in [0.25, 0.3) is 0 Å². The monoisotopic (exact) mass is 272 g/mol. The van der Waals surface area contributed by atoms with Crippen LogP contribution in [0.1, 0.15) is 16.8 Å². The largest absolute Gasteiger partial charge is 0.379 e. The number of pyridine rings is 1. The summed E-state index contributed by atoms with van der Waals surface area (Å²) in [7, 11) is 0. The molecule has 1 aliphatic rings. The van der Waals surface area contributed by atoms with E-state index in [1.807, 2.05) is 12.1 Å². The van der Waals surface area contributed by atoms with Crippen molar-refractivity contribution in [3.63, 3.8) is 0 Å². The summed E-state index contributed by atoms with van der Waals surface area (Å²) < 4.78 is 5.30. The highest BCUT2D eigenvalue weighted by atomic mass is 16.5. The molecular weight excluding hydrogens is 256 g/mol. The first-order valence-electron chi connectivity index (χ1n) is 6.56. The van der Waals surface area contributed by atoms with Crippen molar-refractivity contribution in [2.75, 3.05) is 23.8 Å². The Balaban J connectivity index is 1.59. The van der Waals surface area contributed by atoms with Crippen molar-refractivity contribution < 1.29 is 9.53 Å². The summed E-state index contributed by atoms with van der Waals surface area (Å²) in [5.74, 6) is 0.637. The van der Waals surface area contributed by atoms with Crippen molar-refractivity contribution in [2.24, 2.45) is 0 Å². The number of H-pyrrole nitrogens is 1. The van der Waals surface area contributed by atoms with E-state index in [1.54, 1.807) is 24.7 Å². The van der Waals surface area contributed by atoms with E-state index in [1.165, 1.54) is 0 Å². The summed E-state index contributed by atoms with van der Waals surface area (Å²) in [5, 5.41) is 6.09. The summed E-state index contributed by atoms with van der Waals surface area (Å²) in [6.45, 7) is 1.51. The molecule has 1 fully saturated rings. The first-order chi connectivity index (χ1) is 9.81. The lowest BCUT2D eigenvalue weighted by molar-refractivity contribution is 0.102. The minimum atomic E-state index is -0.155. The van der Waals surface area contributed by atoms with Crippen molar-refractivity contribution in [1.29, 1.82) is 0 Å².